The van der Waals surface area contributed by atoms with Gasteiger partial charge in [-0.2, -0.15) is 0 Å². The quantitative estimate of drug-likeness (QED) is 0.337. The molecule has 0 saturated carbocycles. The van der Waals surface area contributed by atoms with E-state index in [2.05, 4.69) is 76.8 Å². The van der Waals surface area contributed by atoms with Crippen molar-refractivity contribution in [2.75, 3.05) is 5.32 Å². The number of benzene rings is 3. The molecule has 2 aromatic heterocycles. The molecule has 2 N–H and O–H groups in total. The fourth-order valence-corrected chi connectivity index (χ4v) is 6.26. The van der Waals surface area contributed by atoms with E-state index in [0.717, 1.165) is 34.3 Å². The smallest absolute Gasteiger partial charge is 0.233 e. The molecule has 3 aliphatic rings. The number of amides is 1. The van der Waals surface area contributed by atoms with Crippen LogP contribution in [0.1, 0.15) is 47.6 Å². The van der Waals surface area contributed by atoms with Crippen LogP contribution < -0.4 is 5.32 Å². The zero-order valence-corrected chi connectivity index (χ0v) is 19.3. The summed E-state index contributed by atoms with van der Waals surface area (Å²) < 4.78 is 0. The monoisotopic (exact) mass is 456 g/mol. The lowest BCUT2D eigenvalue weighted by molar-refractivity contribution is -0.126. The molecular weight excluding hydrogens is 432 g/mol. The van der Waals surface area contributed by atoms with Crippen molar-refractivity contribution in [2.24, 2.45) is 5.41 Å². The van der Waals surface area contributed by atoms with Crippen LogP contribution in [0.25, 0.3) is 22.0 Å². The van der Waals surface area contributed by atoms with Crippen LogP contribution in [0.5, 0.6) is 0 Å². The van der Waals surface area contributed by atoms with Gasteiger partial charge in [-0.1, -0.05) is 72.8 Å². The number of nitrogens with one attached hydrogen (secondary N) is 2. The van der Waals surface area contributed by atoms with Crippen molar-refractivity contribution in [3.05, 3.63) is 114 Å². The predicted molar refractivity (Wildman–Crippen MR) is 137 cm³/mol. The van der Waals surface area contributed by atoms with Gasteiger partial charge in [-0.05, 0) is 46.9 Å². The van der Waals surface area contributed by atoms with Crippen molar-refractivity contribution < 1.29 is 4.79 Å². The van der Waals surface area contributed by atoms with Crippen molar-refractivity contribution >= 4 is 22.6 Å². The molecule has 35 heavy (non-hydrogen) atoms. The normalized spacial score (nSPS) is 22.0. The van der Waals surface area contributed by atoms with Crippen LogP contribution in [0.4, 0.5) is 5.95 Å². The average Bonchev–Trinajstić information content (AvgIpc) is 3.36. The second kappa shape index (κ2) is 7.37. The molecule has 3 aromatic carbocycles. The minimum Gasteiger partial charge on any atom is -0.324 e. The molecule has 0 spiro atoms. The van der Waals surface area contributed by atoms with Crippen molar-refractivity contribution in [2.45, 2.75) is 25.2 Å². The lowest BCUT2D eigenvalue weighted by Gasteiger charge is -2.50. The van der Waals surface area contributed by atoms with Crippen LogP contribution >= 0.6 is 0 Å². The molecule has 0 saturated heterocycles. The van der Waals surface area contributed by atoms with Gasteiger partial charge >= 0.3 is 0 Å². The number of carbonyl (C=O) groups excluding carboxylic acids is 1. The first-order valence-electron chi connectivity index (χ1n) is 12.0. The van der Waals surface area contributed by atoms with E-state index in [1.807, 2.05) is 30.5 Å². The number of aromatic amines is 1. The Balaban J connectivity index is 1.24. The summed E-state index contributed by atoms with van der Waals surface area (Å²) in [6.07, 6.45) is 4.37. The minimum atomic E-state index is -0.610. The third kappa shape index (κ3) is 2.91. The van der Waals surface area contributed by atoms with E-state index < -0.39 is 5.41 Å². The summed E-state index contributed by atoms with van der Waals surface area (Å²) in [6, 6.07) is 27.1. The molecule has 2 bridgehead atoms. The highest BCUT2D eigenvalue weighted by atomic mass is 16.2. The van der Waals surface area contributed by atoms with Crippen LogP contribution in [0.3, 0.4) is 0 Å². The maximum Gasteiger partial charge on any atom is 0.233 e. The Morgan fingerprint density at radius 1 is 0.914 bits per heavy atom. The number of aromatic nitrogens is 3. The van der Waals surface area contributed by atoms with Gasteiger partial charge in [-0.3, -0.25) is 15.1 Å². The maximum atomic E-state index is 13.9. The van der Waals surface area contributed by atoms with Gasteiger partial charge in [0.2, 0.25) is 11.9 Å². The molecule has 2 heterocycles. The van der Waals surface area contributed by atoms with Gasteiger partial charge < -0.3 is 4.98 Å². The fraction of sp³-hybridized carbons (Fsp3) is 0.167. The van der Waals surface area contributed by atoms with Crippen molar-refractivity contribution in [1.82, 2.24) is 15.0 Å². The number of fused-ring (bicyclic) bond motifs is 2. The standard InChI is InChI=1S/C30H24N4O/c1-30(16-24-20-11-4-5-12-22(20)26(30)23-14-7-15-31-27(23)24)28(35)34-29-32-17-25(33-29)21-13-6-9-18-8-2-3-10-19(18)21/h2-15,17,24,26H,16H2,1H3,(H2,32,33,34,35). The Morgan fingerprint density at radius 2 is 1.69 bits per heavy atom. The Morgan fingerprint density at radius 3 is 2.60 bits per heavy atom. The first-order chi connectivity index (χ1) is 17.1. The highest BCUT2D eigenvalue weighted by Crippen LogP contribution is 2.60. The molecule has 3 atom stereocenters. The zero-order valence-electron chi connectivity index (χ0n) is 19.3. The van der Waals surface area contributed by atoms with E-state index in [9.17, 15) is 4.79 Å². The second-order valence-electron chi connectivity index (χ2n) is 9.84. The molecule has 5 nitrogen and oxygen atoms in total. The fourth-order valence-electron chi connectivity index (χ4n) is 6.26. The highest BCUT2D eigenvalue weighted by molar-refractivity contribution is 5.98. The zero-order chi connectivity index (χ0) is 23.6. The van der Waals surface area contributed by atoms with Gasteiger partial charge in [0.05, 0.1) is 23.0 Å². The summed E-state index contributed by atoms with van der Waals surface area (Å²) >= 11 is 0. The number of imidazole rings is 1. The van der Waals surface area contributed by atoms with Gasteiger partial charge in [0.15, 0.2) is 0 Å². The number of hydrogen-bond donors (Lipinski definition) is 2. The maximum absolute atomic E-state index is 13.9. The lowest BCUT2D eigenvalue weighted by atomic mass is 9.53. The summed E-state index contributed by atoms with van der Waals surface area (Å²) in [4.78, 5) is 26.4. The summed E-state index contributed by atoms with van der Waals surface area (Å²) in [7, 11) is 0. The van der Waals surface area contributed by atoms with Crippen LogP contribution in [0.2, 0.25) is 0 Å². The third-order valence-corrected chi connectivity index (χ3v) is 7.87. The molecule has 0 radical (unpaired) electrons. The number of pyridine rings is 1. The molecule has 8 rings (SSSR count). The van der Waals surface area contributed by atoms with Crippen LogP contribution in [-0.2, 0) is 4.79 Å². The van der Waals surface area contributed by atoms with E-state index in [-0.39, 0.29) is 17.7 Å². The van der Waals surface area contributed by atoms with Crippen LogP contribution in [-0.4, -0.2) is 20.9 Å². The van der Waals surface area contributed by atoms with Gasteiger partial charge in [0.1, 0.15) is 0 Å². The number of rotatable bonds is 3. The molecular formula is C30H24N4O. The van der Waals surface area contributed by atoms with E-state index in [1.165, 1.54) is 16.5 Å². The average molecular weight is 457 g/mol. The summed E-state index contributed by atoms with van der Waals surface area (Å²) in [5.41, 5.74) is 6.14. The SMILES string of the molecule is CC1(C(=O)Nc2ncc(-c3cccc4ccccc34)[nH]2)CC2c3ccccc3C1c1cccnc12. The molecule has 3 unspecified atom stereocenters. The molecule has 5 aromatic rings. The minimum absolute atomic E-state index is 0.0182. The van der Waals surface area contributed by atoms with Crippen molar-refractivity contribution in [3.8, 4) is 11.3 Å². The topological polar surface area (TPSA) is 70.7 Å². The highest BCUT2D eigenvalue weighted by Gasteiger charge is 2.54. The molecule has 5 heteroatoms. The van der Waals surface area contributed by atoms with Crippen molar-refractivity contribution in [1.29, 1.82) is 0 Å². The number of anilines is 1. The van der Waals surface area contributed by atoms with Crippen LogP contribution in [0, 0.1) is 5.41 Å². The van der Waals surface area contributed by atoms with Crippen LogP contribution in [0.15, 0.2) is 91.3 Å². The van der Waals surface area contributed by atoms with E-state index >= 15 is 0 Å². The Labute approximate surface area is 203 Å². The number of carbonyl (C=O) groups is 1. The molecule has 0 aliphatic heterocycles. The molecule has 170 valence electrons. The lowest BCUT2D eigenvalue weighted by Crippen LogP contribution is -2.47. The number of H-pyrrole nitrogens is 1. The largest absolute Gasteiger partial charge is 0.324 e. The molecule has 1 amide bonds. The second-order valence-corrected chi connectivity index (χ2v) is 9.84. The number of nitrogens with zero attached hydrogens (tertiary/aromatic N) is 2. The van der Waals surface area contributed by atoms with Crippen molar-refractivity contribution in [3.63, 3.8) is 0 Å². The van der Waals surface area contributed by atoms with E-state index in [4.69, 9.17) is 4.98 Å². The first-order valence-corrected chi connectivity index (χ1v) is 12.0. The first kappa shape index (κ1) is 20.2. The van der Waals surface area contributed by atoms with E-state index in [1.54, 1.807) is 6.20 Å². The predicted octanol–water partition coefficient (Wildman–Crippen LogP) is 6.25. The van der Waals surface area contributed by atoms with E-state index in [0.29, 0.717) is 5.95 Å². The molecule has 0 fully saturated rings. The van der Waals surface area contributed by atoms with Gasteiger partial charge in [0.25, 0.3) is 0 Å². The summed E-state index contributed by atoms with van der Waals surface area (Å²) in [5, 5.41) is 5.43. The van der Waals surface area contributed by atoms with Gasteiger partial charge in [0, 0.05) is 23.6 Å². The Hall–Kier alpha value is -4.25. The number of hydrogen-bond acceptors (Lipinski definition) is 3. The van der Waals surface area contributed by atoms with Gasteiger partial charge in [-0.25, -0.2) is 4.98 Å². The summed E-state index contributed by atoms with van der Waals surface area (Å²) in [6.45, 7) is 2.08. The van der Waals surface area contributed by atoms with Gasteiger partial charge in [-0.15, -0.1) is 0 Å². The Bertz CT molecular complexity index is 1570. The summed E-state index contributed by atoms with van der Waals surface area (Å²) in [5.74, 6) is 0.529. The Kier molecular flexibility index (Phi) is 4.25. The molecule has 3 aliphatic carbocycles. The third-order valence-electron chi connectivity index (χ3n) is 7.87.